The first kappa shape index (κ1) is 22.9. The molecule has 1 aliphatic heterocycles. The number of benzene rings is 2. The molecule has 4 rings (SSSR count). The Kier molecular flexibility index (Phi) is 6.18. The molecule has 33 heavy (non-hydrogen) atoms. The largest absolute Gasteiger partial charge is 0.503 e. The summed E-state index contributed by atoms with van der Waals surface area (Å²) in [5.41, 5.74) is 0.935. The third-order valence-corrected chi connectivity index (χ3v) is 6.18. The number of fused-ring (bicyclic) bond motifs is 1. The molecule has 1 unspecified atom stereocenters. The number of rotatable bonds is 7. The molecule has 8 nitrogen and oxygen atoms in total. The van der Waals surface area contributed by atoms with Crippen molar-refractivity contribution in [1.82, 2.24) is 9.80 Å². The van der Waals surface area contributed by atoms with Gasteiger partial charge in [-0.05, 0) is 59.9 Å². The summed E-state index contributed by atoms with van der Waals surface area (Å²) in [5.74, 6) is -1.77. The topological polar surface area (TPSA) is 103 Å². The fourth-order valence-corrected chi connectivity index (χ4v) is 4.36. The van der Waals surface area contributed by atoms with Crippen molar-refractivity contribution in [1.29, 1.82) is 0 Å². The highest BCUT2D eigenvalue weighted by Gasteiger charge is 2.44. The second kappa shape index (κ2) is 8.92. The molecule has 0 bridgehead atoms. The zero-order valence-corrected chi connectivity index (χ0v) is 19.9. The van der Waals surface area contributed by atoms with E-state index >= 15 is 0 Å². The molecule has 0 fully saturated rings. The summed E-state index contributed by atoms with van der Waals surface area (Å²) < 4.78 is 11.3. The van der Waals surface area contributed by atoms with E-state index in [-0.39, 0.29) is 29.4 Å². The molecule has 2 N–H and O–H groups in total. The summed E-state index contributed by atoms with van der Waals surface area (Å²) in [6.45, 7) is 0.774. The van der Waals surface area contributed by atoms with E-state index < -0.39 is 23.5 Å². The maximum absolute atomic E-state index is 13.6. The smallest absolute Gasteiger partial charge is 0.290 e. The van der Waals surface area contributed by atoms with Gasteiger partial charge in [-0.15, -0.1) is 0 Å². The van der Waals surface area contributed by atoms with Crippen LogP contribution in [-0.4, -0.2) is 66.0 Å². The number of ketones is 1. The van der Waals surface area contributed by atoms with E-state index in [0.717, 1.165) is 5.39 Å². The molecule has 0 spiro atoms. The highest BCUT2D eigenvalue weighted by molar-refractivity contribution is 9.10. The predicted molar refractivity (Wildman–Crippen MR) is 126 cm³/mol. The predicted octanol–water partition coefficient (Wildman–Crippen LogP) is 4.05. The summed E-state index contributed by atoms with van der Waals surface area (Å²) >= 11 is 3.30. The number of aliphatic hydroxyl groups excluding tert-OH is 1. The van der Waals surface area contributed by atoms with E-state index in [1.54, 1.807) is 30.3 Å². The Bertz CT molecular complexity index is 1250. The molecule has 2 aromatic carbocycles. The highest BCUT2D eigenvalue weighted by atomic mass is 79.9. The lowest BCUT2D eigenvalue weighted by molar-refractivity contribution is -0.129. The van der Waals surface area contributed by atoms with Crippen molar-refractivity contribution in [3.8, 4) is 11.5 Å². The van der Waals surface area contributed by atoms with E-state index in [9.17, 15) is 19.8 Å². The average Bonchev–Trinajstić information content (AvgIpc) is 3.33. The molecular formula is C24H23BrN2O6. The molecule has 0 radical (unpaired) electrons. The summed E-state index contributed by atoms with van der Waals surface area (Å²) in [6, 6.07) is 11.0. The number of carbonyl (C=O) groups excluding carboxylic acids is 2. The van der Waals surface area contributed by atoms with Crippen LogP contribution in [0.25, 0.3) is 11.0 Å². The van der Waals surface area contributed by atoms with Crippen molar-refractivity contribution in [3.05, 3.63) is 69.6 Å². The van der Waals surface area contributed by atoms with E-state index in [2.05, 4.69) is 15.9 Å². The Morgan fingerprint density at radius 1 is 1.21 bits per heavy atom. The summed E-state index contributed by atoms with van der Waals surface area (Å²) in [5, 5.41) is 21.8. The minimum absolute atomic E-state index is 0.0230. The van der Waals surface area contributed by atoms with Gasteiger partial charge in [-0.3, -0.25) is 9.59 Å². The Morgan fingerprint density at radius 2 is 1.94 bits per heavy atom. The monoisotopic (exact) mass is 514 g/mol. The maximum Gasteiger partial charge on any atom is 0.290 e. The molecule has 1 aliphatic rings. The van der Waals surface area contributed by atoms with E-state index in [4.69, 9.17) is 9.15 Å². The molecule has 9 heteroatoms. The second-order valence-corrected chi connectivity index (χ2v) is 8.85. The number of amides is 1. The van der Waals surface area contributed by atoms with Gasteiger partial charge in [-0.2, -0.15) is 0 Å². The van der Waals surface area contributed by atoms with Crippen LogP contribution >= 0.6 is 15.9 Å². The number of halogens is 1. The van der Waals surface area contributed by atoms with Crippen LogP contribution in [0.2, 0.25) is 0 Å². The van der Waals surface area contributed by atoms with Crippen molar-refractivity contribution in [2.24, 2.45) is 0 Å². The Hall–Kier alpha value is -3.30. The van der Waals surface area contributed by atoms with Crippen LogP contribution < -0.4 is 4.74 Å². The van der Waals surface area contributed by atoms with E-state index in [1.807, 2.05) is 31.1 Å². The molecule has 1 aromatic heterocycles. The normalized spacial score (nSPS) is 16.3. The number of methoxy groups -OCH3 is 1. The van der Waals surface area contributed by atoms with Crippen LogP contribution in [0.4, 0.5) is 0 Å². The van der Waals surface area contributed by atoms with Gasteiger partial charge in [0.05, 0.1) is 23.2 Å². The van der Waals surface area contributed by atoms with Gasteiger partial charge in [-0.1, -0.05) is 18.2 Å². The second-order valence-electron chi connectivity index (χ2n) is 8.00. The highest BCUT2D eigenvalue weighted by Crippen LogP contribution is 2.44. The maximum atomic E-state index is 13.6. The number of phenols is 1. The number of phenolic OH excluding ortho intramolecular Hbond substituents is 1. The first-order chi connectivity index (χ1) is 15.7. The van der Waals surface area contributed by atoms with Crippen LogP contribution in [0.15, 0.2) is 62.7 Å². The summed E-state index contributed by atoms with van der Waals surface area (Å²) in [7, 11) is 5.13. The fourth-order valence-electron chi connectivity index (χ4n) is 3.90. The molecule has 0 saturated carbocycles. The first-order valence-electron chi connectivity index (χ1n) is 10.2. The number of Topliss-reactive ketones (excluding diaryl/α,β-unsaturated/α-hetero) is 1. The van der Waals surface area contributed by atoms with Crippen molar-refractivity contribution in [2.45, 2.75) is 6.04 Å². The minimum Gasteiger partial charge on any atom is -0.503 e. The third kappa shape index (κ3) is 4.09. The summed E-state index contributed by atoms with van der Waals surface area (Å²) in [4.78, 5) is 29.9. The average molecular weight is 515 g/mol. The van der Waals surface area contributed by atoms with Crippen LogP contribution in [0.1, 0.15) is 22.2 Å². The van der Waals surface area contributed by atoms with Crippen molar-refractivity contribution in [2.75, 3.05) is 34.3 Å². The van der Waals surface area contributed by atoms with Crippen LogP contribution in [-0.2, 0) is 4.79 Å². The lowest BCUT2D eigenvalue weighted by Gasteiger charge is -2.28. The number of nitrogens with zero attached hydrogens (tertiary/aromatic N) is 2. The molecular weight excluding hydrogens is 492 g/mol. The van der Waals surface area contributed by atoms with E-state index in [1.165, 1.54) is 12.0 Å². The zero-order valence-electron chi connectivity index (χ0n) is 18.3. The van der Waals surface area contributed by atoms with E-state index in [0.29, 0.717) is 22.2 Å². The number of hydrogen-bond donors (Lipinski definition) is 2. The lowest BCUT2D eigenvalue weighted by Crippen LogP contribution is -2.36. The first-order valence-corrected chi connectivity index (χ1v) is 11.0. The van der Waals surface area contributed by atoms with Crippen LogP contribution in [0, 0.1) is 0 Å². The molecule has 2 heterocycles. The molecule has 0 saturated heterocycles. The van der Waals surface area contributed by atoms with Crippen molar-refractivity contribution in [3.63, 3.8) is 0 Å². The van der Waals surface area contributed by atoms with Crippen LogP contribution in [0.5, 0.6) is 11.5 Å². The number of carbonyl (C=O) groups is 2. The fraction of sp³-hybridized carbons (Fsp3) is 0.250. The van der Waals surface area contributed by atoms with Crippen molar-refractivity contribution >= 4 is 38.6 Å². The number of para-hydroxylation sites is 1. The third-order valence-electron chi connectivity index (χ3n) is 5.57. The van der Waals surface area contributed by atoms with Gasteiger partial charge in [0.1, 0.15) is 5.58 Å². The standard InChI is InChI=1S/C24H23BrN2O6/c1-26(2)8-9-27-20(14-10-15(25)21(28)17(12-14)32-3)19(23(30)24(27)31)22(29)18-11-13-6-4-5-7-16(13)33-18/h4-7,10-12,20,28,30H,8-9H2,1-3H3. The quantitative estimate of drug-likeness (QED) is 0.458. The number of aromatic hydroxyl groups is 1. The number of furan rings is 1. The number of aliphatic hydroxyl groups is 1. The van der Waals surface area contributed by atoms with Crippen LogP contribution in [0.3, 0.4) is 0 Å². The van der Waals surface area contributed by atoms with Gasteiger partial charge in [0.2, 0.25) is 5.78 Å². The number of ether oxygens (including phenoxy) is 1. The molecule has 3 aromatic rings. The van der Waals surface area contributed by atoms with Gasteiger partial charge < -0.3 is 29.2 Å². The Morgan fingerprint density at radius 3 is 2.61 bits per heavy atom. The van der Waals surface area contributed by atoms with Gasteiger partial charge in [0.15, 0.2) is 23.0 Å². The molecule has 1 amide bonds. The van der Waals surface area contributed by atoms with Crippen molar-refractivity contribution < 1.29 is 29.0 Å². The number of hydrogen-bond acceptors (Lipinski definition) is 7. The Balaban J connectivity index is 1.84. The zero-order chi connectivity index (χ0) is 23.9. The number of likely N-dealkylation sites (N-methyl/N-ethyl adjacent to an activating group) is 1. The summed E-state index contributed by atoms with van der Waals surface area (Å²) in [6.07, 6.45) is 0. The molecule has 1 atom stereocenters. The molecule has 0 aliphatic carbocycles. The van der Waals surface area contributed by atoms with Gasteiger partial charge in [0, 0.05) is 18.5 Å². The SMILES string of the molecule is COc1cc(C2C(C(=O)c3cc4ccccc4o3)=C(O)C(=O)N2CCN(C)C)cc(Br)c1O. The Labute approximate surface area is 198 Å². The molecule has 172 valence electrons. The van der Waals surface area contributed by atoms with Gasteiger partial charge in [0.25, 0.3) is 5.91 Å². The van der Waals surface area contributed by atoms with Gasteiger partial charge >= 0.3 is 0 Å². The van der Waals surface area contributed by atoms with Gasteiger partial charge in [-0.25, -0.2) is 0 Å². The minimum atomic E-state index is -0.899. The lowest BCUT2D eigenvalue weighted by atomic mass is 9.94.